The molecule has 3 aromatic carbocycles. The van der Waals surface area contributed by atoms with Crippen molar-refractivity contribution >= 4 is 34.0 Å². The molecule has 0 spiro atoms. The number of benzene rings is 3. The summed E-state index contributed by atoms with van der Waals surface area (Å²) in [5.74, 6) is -0.0461. The average Bonchev–Trinajstić information content (AvgIpc) is 3.35. The number of carbonyl (C=O) groups excluding carboxylic acids is 2. The van der Waals surface area contributed by atoms with Crippen LogP contribution in [0, 0.1) is 5.41 Å². The molecule has 4 aromatic rings. The van der Waals surface area contributed by atoms with Crippen molar-refractivity contribution in [1.29, 1.82) is 0 Å². The highest BCUT2D eigenvalue weighted by Crippen LogP contribution is 2.37. The molecule has 0 saturated carbocycles. The molecular weight excluding hydrogens is 450 g/mol. The quantitative estimate of drug-likeness (QED) is 0.175. The number of hydrogen-bond donors (Lipinski definition) is 1. The number of esters is 2. The maximum Gasteiger partial charge on any atom is 0.316 e. The van der Waals surface area contributed by atoms with Crippen LogP contribution in [-0.4, -0.2) is 24.0 Å². The molecule has 36 heavy (non-hydrogen) atoms. The number of aromatic amines is 1. The van der Waals surface area contributed by atoms with Crippen LogP contribution in [0.1, 0.15) is 50.3 Å². The van der Waals surface area contributed by atoms with E-state index in [9.17, 15) is 9.59 Å². The van der Waals surface area contributed by atoms with Gasteiger partial charge in [-0.2, -0.15) is 0 Å². The van der Waals surface area contributed by atoms with Crippen LogP contribution in [0.5, 0.6) is 5.75 Å². The summed E-state index contributed by atoms with van der Waals surface area (Å²) in [4.78, 5) is 27.7. The van der Waals surface area contributed by atoms with E-state index in [1.165, 1.54) is 7.11 Å². The van der Waals surface area contributed by atoms with Crippen molar-refractivity contribution in [2.24, 2.45) is 5.41 Å². The number of hydrogen-bond acceptors (Lipinski definition) is 4. The summed E-state index contributed by atoms with van der Waals surface area (Å²) < 4.78 is 10.5. The third kappa shape index (κ3) is 5.74. The monoisotopic (exact) mass is 481 g/mol. The highest BCUT2D eigenvalue weighted by molar-refractivity contribution is 6.01. The van der Waals surface area contributed by atoms with E-state index in [-0.39, 0.29) is 18.4 Å². The van der Waals surface area contributed by atoms with Crippen LogP contribution < -0.4 is 4.74 Å². The van der Waals surface area contributed by atoms with Gasteiger partial charge in [0, 0.05) is 18.1 Å². The van der Waals surface area contributed by atoms with E-state index < -0.39 is 5.41 Å². The number of ether oxygens (including phenoxy) is 2. The van der Waals surface area contributed by atoms with Gasteiger partial charge in [0.25, 0.3) is 0 Å². The lowest BCUT2D eigenvalue weighted by Gasteiger charge is -2.19. The smallest absolute Gasteiger partial charge is 0.316 e. The molecule has 1 heterocycles. The molecule has 0 amide bonds. The zero-order valence-corrected chi connectivity index (χ0v) is 21.1. The van der Waals surface area contributed by atoms with Crippen molar-refractivity contribution in [3.05, 3.63) is 102 Å². The average molecular weight is 482 g/mol. The number of nitrogens with one attached hydrogen (secondary N) is 1. The van der Waals surface area contributed by atoms with Gasteiger partial charge < -0.3 is 14.5 Å². The summed E-state index contributed by atoms with van der Waals surface area (Å²) in [6.45, 7) is 5.49. The van der Waals surface area contributed by atoms with Crippen molar-refractivity contribution in [2.75, 3.05) is 7.11 Å². The zero-order valence-electron chi connectivity index (χ0n) is 21.1. The number of aromatic nitrogens is 1. The summed E-state index contributed by atoms with van der Waals surface area (Å²) in [5.41, 5.74) is 5.54. The maximum absolute atomic E-state index is 12.4. The van der Waals surface area contributed by atoms with Crippen molar-refractivity contribution in [3.8, 4) is 5.75 Å². The molecule has 0 aliphatic carbocycles. The molecule has 5 heteroatoms. The van der Waals surface area contributed by atoms with Gasteiger partial charge in [-0.1, -0.05) is 48.5 Å². The minimum Gasteiger partial charge on any atom is -0.469 e. The first-order valence-electron chi connectivity index (χ1n) is 12.0. The second-order valence-electron chi connectivity index (χ2n) is 9.74. The van der Waals surface area contributed by atoms with E-state index in [2.05, 4.69) is 35.3 Å². The van der Waals surface area contributed by atoms with E-state index in [0.29, 0.717) is 12.2 Å². The fourth-order valence-electron chi connectivity index (χ4n) is 4.06. The summed E-state index contributed by atoms with van der Waals surface area (Å²) in [6.07, 6.45) is 2.70. The number of H-pyrrole nitrogens is 1. The first kappa shape index (κ1) is 25.0. The first-order valence-corrected chi connectivity index (χ1v) is 12.0. The van der Waals surface area contributed by atoms with Crippen molar-refractivity contribution < 1.29 is 19.1 Å². The first-order chi connectivity index (χ1) is 17.3. The fourth-order valence-corrected chi connectivity index (χ4v) is 4.06. The van der Waals surface area contributed by atoms with E-state index >= 15 is 0 Å². The second kappa shape index (κ2) is 10.6. The number of rotatable bonds is 7. The molecule has 1 N–H and O–H groups in total. The van der Waals surface area contributed by atoms with Gasteiger partial charge in [-0.05, 0) is 90.7 Å². The Bertz CT molecular complexity index is 1390. The predicted octanol–water partition coefficient (Wildman–Crippen LogP) is 7.03. The van der Waals surface area contributed by atoms with Crippen LogP contribution >= 0.6 is 0 Å². The number of carbonyl (C=O) groups is 2. The Balaban J connectivity index is 1.86. The van der Waals surface area contributed by atoms with E-state index in [1.54, 1.807) is 0 Å². The largest absolute Gasteiger partial charge is 0.469 e. The molecule has 0 saturated heterocycles. The summed E-state index contributed by atoms with van der Waals surface area (Å²) >= 11 is 0. The van der Waals surface area contributed by atoms with Gasteiger partial charge in [0.15, 0.2) is 0 Å². The SMILES string of the molecule is COC(=O)CC/C(=C(\c1ccc(OC(=O)C(C)(C)C)cc1)c1ccc2[nH]ccc2c1)c1ccccc1. The molecule has 0 radical (unpaired) electrons. The number of methoxy groups -OCH3 is 1. The van der Waals surface area contributed by atoms with Gasteiger partial charge in [0.2, 0.25) is 0 Å². The molecule has 0 unspecified atom stereocenters. The minimum atomic E-state index is -0.593. The molecule has 4 rings (SSSR count). The van der Waals surface area contributed by atoms with Crippen molar-refractivity contribution in [3.63, 3.8) is 0 Å². The van der Waals surface area contributed by atoms with E-state index in [4.69, 9.17) is 9.47 Å². The standard InChI is InChI=1S/C31H31NO4/c1-31(2,3)30(34)36-25-13-10-22(11-14-25)29(24-12-16-27-23(20-24)18-19-32-27)26(15-17-28(33)35-4)21-8-6-5-7-9-21/h5-14,16,18-20,32H,15,17H2,1-4H3/b29-26-. The van der Waals surface area contributed by atoms with Crippen LogP contribution in [0.4, 0.5) is 0 Å². The van der Waals surface area contributed by atoms with Gasteiger partial charge in [-0.25, -0.2) is 0 Å². The Morgan fingerprint density at radius 1 is 0.806 bits per heavy atom. The van der Waals surface area contributed by atoms with E-state index in [1.807, 2.05) is 75.5 Å². The van der Waals surface area contributed by atoms with Crippen molar-refractivity contribution in [2.45, 2.75) is 33.6 Å². The van der Waals surface area contributed by atoms with Crippen LogP contribution in [0.2, 0.25) is 0 Å². The molecule has 0 bridgehead atoms. The van der Waals surface area contributed by atoms with Gasteiger partial charge in [0.05, 0.1) is 12.5 Å². The lowest BCUT2D eigenvalue weighted by molar-refractivity contribution is -0.143. The lowest BCUT2D eigenvalue weighted by Crippen LogP contribution is -2.25. The molecule has 5 nitrogen and oxygen atoms in total. The lowest BCUT2D eigenvalue weighted by atomic mass is 9.87. The normalized spacial score (nSPS) is 12.2. The Kier molecular flexibility index (Phi) is 7.39. The van der Waals surface area contributed by atoms with Crippen molar-refractivity contribution in [1.82, 2.24) is 4.98 Å². The highest BCUT2D eigenvalue weighted by atomic mass is 16.5. The second-order valence-corrected chi connectivity index (χ2v) is 9.74. The highest BCUT2D eigenvalue weighted by Gasteiger charge is 2.24. The summed E-state index contributed by atoms with van der Waals surface area (Å²) in [5, 5.41) is 1.10. The Hall–Kier alpha value is -4.12. The third-order valence-electron chi connectivity index (χ3n) is 6.04. The predicted molar refractivity (Wildman–Crippen MR) is 143 cm³/mol. The molecule has 0 fully saturated rings. The third-order valence-corrected chi connectivity index (χ3v) is 6.04. The fraction of sp³-hybridized carbons (Fsp3) is 0.226. The van der Waals surface area contributed by atoms with Crippen LogP contribution in [0.3, 0.4) is 0 Å². The van der Waals surface area contributed by atoms with Gasteiger partial charge in [-0.15, -0.1) is 0 Å². The summed E-state index contributed by atoms with van der Waals surface area (Å²) in [6, 6.07) is 26.0. The van der Waals surface area contributed by atoms with Crippen LogP contribution in [0.15, 0.2) is 85.1 Å². The molecule has 0 aliphatic rings. The number of allylic oxidation sites excluding steroid dienone is 1. The maximum atomic E-state index is 12.4. The zero-order chi connectivity index (χ0) is 25.7. The molecular formula is C31H31NO4. The van der Waals surface area contributed by atoms with Gasteiger partial charge >= 0.3 is 11.9 Å². The Morgan fingerprint density at radius 2 is 1.50 bits per heavy atom. The van der Waals surface area contributed by atoms with Crippen LogP contribution in [-0.2, 0) is 14.3 Å². The Morgan fingerprint density at radius 3 is 2.17 bits per heavy atom. The summed E-state index contributed by atoms with van der Waals surface area (Å²) in [7, 11) is 1.41. The molecule has 0 atom stereocenters. The molecule has 0 aliphatic heterocycles. The van der Waals surface area contributed by atoms with E-state index in [0.717, 1.165) is 38.7 Å². The minimum absolute atomic E-state index is 0.256. The molecule has 184 valence electrons. The van der Waals surface area contributed by atoms with Gasteiger partial charge in [0.1, 0.15) is 5.75 Å². The topological polar surface area (TPSA) is 68.4 Å². The van der Waals surface area contributed by atoms with Crippen LogP contribution in [0.25, 0.3) is 22.0 Å². The molecule has 1 aromatic heterocycles. The van der Waals surface area contributed by atoms with Gasteiger partial charge in [-0.3, -0.25) is 9.59 Å². The number of fused-ring (bicyclic) bond motifs is 1. The Labute approximate surface area is 211 Å².